The Hall–Kier alpha value is -0.730. The molecule has 0 spiro atoms. The van der Waals surface area contributed by atoms with Crippen molar-refractivity contribution in [1.29, 1.82) is 0 Å². The smallest absolute Gasteiger partial charge is 0.0471 e. The maximum Gasteiger partial charge on any atom is 0.0471 e. The Morgan fingerprint density at radius 1 is 1.33 bits per heavy atom. The predicted octanol–water partition coefficient (Wildman–Crippen LogP) is 2.91. The van der Waals surface area contributed by atoms with E-state index in [0.29, 0.717) is 0 Å². The van der Waals surface area contributed by atoms with Crippen LogP contribution in [0.4, 0.5) is 5.69 Å². The van der Waals surface area contributed by atoms with Crippen LogP contribution < -0.4 is 10.2 Å². The maximum absolute atomic E-state index is 6.20. The summed E-state index contributed by atoms with van der Waals surface area (Å²) in [5, 5.41) is 4.16. The van der Waals surface area contributed by atoms with E-state index in [2.05, 4.69) is 37.2 Å². The van der Waals surface area contributed by atoms with E-state index in [-0.39, 0.29) is 0 Å². The Balaban J connectivity index is 2.97. The number of nitrogens with one attached hydrogen (secondary N) is 1. The normalized spacial score (nSPS) is 10.4. The Kier molecular flexibility index (Phi) is 4.92. The predicted molar refractivity (Wildman–Crippen MR) is 67.8 cm³/mol. The standard InChI is InChI=1S/C12H19ClN2/c1-4-14-9-10-11(13)7-6-8-12(10)15(3)5-2/h6-8,14H,4-5,9H2,1-3H3. The lowest BCUT2D eigenvalue weighted by Gasteiger charge is -2.21. The molecule has 0 bridgehead atoms. The van der Waals surface area contributed by atoms with Gasteiger partial charge in [0.05, 0.1) is 0 Å². The Morgan fingerprint density at radius 2 is 2.07 bits per heavy atom. The quantitative estimate of drug-likeness (QED) is 0.831. The van der Waals surface area contributed by atoms with Crippen molar-refractivity contribution in [2.24, 2.45) is 0 Å². The van der Waals surface area contributed by atoms with Gasteiger partial charge in [0.1, 0.15) is 0 Å². The van der Waals surface area contributed by atoms with Crippen LogP contribution in [0.3, 0.4) is 0 Å². The van der Waals surface area contributed by atoms with Crippen molar-refractivity contribution < 1.29 is 0 Å². The molecule has 0 heterocycles. The maximum atomic E-state index is 6.20. The van der Waals surface area contributed by atoms with Gasteiger partial charge < -0.3 is 10.2 Å². The first-order chi connectivity index (χ1) is 7.20. The molecule has 0 atom stereocenters. The molecule has 0 aromatic heterocycles. The van der Waals surface area contributed by atoms with Crippen LogP contribution in [0.5, 0.6) is 0 Å². The van der Waals surface area contributed by atoms with Gasteiger partial charge in [-0.3, -0.25) is 0 Å². The zero-order valence-corrected chi connectivity index (χ0v) is 10.4. The highest BCUT2D eigenvalue weighted by Gasteiger charge is 2.08. The van der Waals surface area contributed by atoms with Crippen molar-refractivity contribution in [3.8, 4) is 0 Å². The number of benzene rings is 1. The van der Waals surface area contributed by atoms with Crippen LogP contribution in [-0.4, -0.2) is 20.1 Å². The highest BCUT2D eigenvalue weighted by atomic mass is 35.5. The number of anilines is 1. The first kappa shape index (κ1) is 12.3. The first-order valence-corrected chi connectivity index (χ1v) is 5.77. The summed E-state index contributed by atoms with van der Waals surface area (Å²) in [6, 6.07) is 6.06. The van der Waals surface area contributed by atoms with E-state index >= 15 is 0 Å². The summed E-state index contributed by atoms with van der Waals surface area (Å²) < 4.78 is 0. The van der Waals surface area contributed by atoms with Gasteiger partial charge >= 0.3 is 0 Å². The van der Waals surface area contributed by atoms with Crippen molar-refractivity contribution in [2.45, 2.75) is 20.4 Å². The third kappa shape index (κ3) is 3.11. The second-order valence-corrected chi connectivity index (χ2v) is 3.94. The van der Waals surface area contributed by atoms with Crippen molar-refractivity contribution in [1.82, 2.24) is 5.32 Å². The minimum absolute atomic E-state index is 0.829. The zero-order chi connectivity index (χ0) is 11.3. The summed E-state index contributed by atoms with van der Waals surface area (Å²) in [6.45, 7) is 7.01. The van der Waals surface area contributed by atoms with E-state index in [1.807, 2.05) is 12.1 Å². The lowest BCUT2D eigenvalue weighted by Crippen LogP contribution is -2.20. The second kappa shape index (κ2) is 5.99. The molecule has 1 N–H and O–H groups in total. The highest BCUT2D eigenvalue weighted by molar-refractivity contribution is 6.31. The SMILES string of the molecule is CCNCc1c(Cl)cccc1N(C)CC. The van der Waals surface area contributed by atoms with Gasteiger partial charge in [0, 0.05) is 36.4 Å². The van der Waals surface area contributed by atoms with Crippen molar-refractivity contribution in [3.63, 3.8) is 0 Å². The van der Waals surface area contributed by atoms with Gasteiger partial charge in [-0.25, -0.2) is 0 Å². The fourth-order valence-electron chi connectivity index (χ4n) is 1.50. The summed E-state index contributed by atoms with van der Waals surface area (Å²) in [5.41, 5.74) is 2.40. The number of rotatable bonds is 5. The summed E-state index contributed by atoms with van der Waals surface area (Å²) >= 11 is 6.20. The van der Waals surface area contributed by atoms with Crippen LogP contribution in [0.15, 0.2) is 18.2 Å². The third-order valence-corrected chi connectivity index (χ3v) is 2.89. The molecule has 1 rings (SSSR count). The van der Waals surface area contributed by atoms with Gasteiger partial charge in [-0.1, -0.05) is 24.6 Å². The van der Waals surface area contributed by atoms with Gasteiger partial charge in [0.15, 0.2) is 0 Å². The Bertz CT molecular complexity index is 312. The molecule has 0 aliphatic heterocycles. The Labute approximate surface area is 97.2 Å². The molecule has 0 unspecified atom stereocenters. The molecule has 1 aromatic carbocycles. The molecule has 0 saturated carbocycles. The van der Waals surface area contributed by atoms with Crippen molar-refractivity contribution in [3.05, 3.63) is 28.8 Å². The molecular formula is C12H19ClN2. The lowest BCUT2D eigenvalue weighted by molar-refractivity contribution is 0.724. The van der Waals surface area contributed by atoms with Gasteiger partial charge in [-0.05, 0) is 25.6 Å². The average Bonchev–Trinajstić information content (AvgIpc) is 2.26. The molecule has 0 aliphatic carbocycles. The topological polar surface area (TPSA) is 15.3 Å². The van der Waals surface area contributed by atoms with Crippen LogP contribution in [0.1, 0.15) is 19.4 Å². The summed E-state index contributed by atoms with van der Waals surface area (Å²) in [4.78, 5) is 2.21. The van der Waals surface area contributed by atoms with Gasteiger partial charge in [-0.15, -0.1) is 0 Å². The molecule has 15 heavy (non-hydrogen) atoms. The molecule has 0 radical (unpaired) electrons. The fraction of sp³-hybridized carbons (Fsp3) is 0.500. The minimum atomic E-state index is 0.829. The van der Waals surface area contributed by atoms with Gasteiger partial charge in [0.2, 0.25) is 0 Å². The van der Waals surface area contributed by atoms with Crippen molar-refractivity contribution in [2.75, 3.05) is 25.0 Å². The van der Waals surface area contributed by atoms with Crippen LogP contribution in [0, 0.1) is 0 Å². The average molecular weight is 227 g/mol. The first-order valence-electron chi connectivity index (χ1n) is 5.39. The van der Waals surface area contributed by atoms with Crippen LogP contribution in [-0.2, 0) is 6.54 Å². The molecular weight excluding hydrogens is 208 g/mol. The molecule has 3 heteroatoms. The summed E-state index contributed by atoms with van der Waals surface area (Å²) in [6.07, 6.45) is 0. The van der Waals surface area contributed by atoms with Crippen LogP contribution in [0.2, 0.25) is 5.02 Å². The van der Waals surface area contributed by atoms with E-state index in [9.17, 15) is 0 Å². The highest BCUT2D eigenvalue weighted by Crippen LogP contribution is 2.26. The van der Waals surface area contributed by atoms with Gasteiger partial charge in [0.25, 0.3) is 0 Å². The van der Waals surface area contributed by atoms with E-state index in [4.69, 9.17) is 11.6 Å². The van der Waals surface area contributed by atoms with E-state index in [1.54, 1.807) is 0 Å². The van der Waals surface area contributed by atoms with Crippen molar-refractivity contribution >= 4 is 17.3 Å². The molecule has 1 aromatic rings. The lowest BCUT2D eigenvalue weighted by atomic mass is 10.1. The van der Waals surface area contributed by atoms with E-state index < -0.39 is 0 Å². The van der Waals surface area contributed by atoms with Crippen LogP contribution in [0.25, 0.3) is 0 Å². The molecule has 84 valence electrons. The van der Waals surface area contributed by atoms with E-state index in [1.165, 1.54) is 11.3 Å². The van der Waals surface area contributed by atoms with Crippen LogP contribution >= 0.6 is 11.6 Å². The summed E-state index contributed by atoms with van der Waals surface area (Å²) in [5.74, 6) is 0. The Morgan fingerprint density at radius 3 is 2.67 bits per heavy atom. The molecule has 0 aliphatic rings. The van der Waals surface area contributed by atoms with Gasteiger partial charge in [-0.2, -0.15) is 0 Å². The summed E-state index contributed by atoms with van der Waals surface area (Å²) in [7, 11) is 2.08. The third-order valence-electron chi connectivity index (χ3n) is 2.53. The second-order valence-electron chi connectivity index (χ2n) is 3.53. The number of nitrogens with zero attached hydrogens (tertiary/aromatic N) is 1. The van der Waals surface area contributed by atoms with E-state index in [0.717, 1.165) is 24.7 Å². The molecule has 0 amide bonds. The zero-order valence-electron chi connectivity index (χ0n) is 9.68. The molecule has 0 fully saturated rings. The fourth-order valence-corrected chi connectivity index (χ4v) is 1.74. The monoisotopic (exact) mass is 226 g/mol. The number of halogens is 1. The number of hydrogen-bond acceptors (Lipinski definition) is 2. The minimum Gasteiger partial charge on any atom is -0.375 e. The number of hydrogen-bond donors (Lipinski definition) is 1. The molecule has 2 nitrogen and oxygen atoms in total. The largest absolute Gasteiger partial charge is 0.375 e. The molecule has 0 saturated heterocycles.